The van der Waals surface area contributed by atoms with Crippen LogP contribution < -0.4 is 5.32 Å². The molecule has 0 aromatic heterocycles. The quantitative estimate of drug-likeness (QED) is 0.808. The maximum absolute atomic E-state index is 12.3. The maximum Gasteiger partial charge on any atom is 0.237 e. The molecule has 0 radical (unpaired) electrons. The number of amides is 1. The number of carbonyl (C=O) groups excluding carboxylic acids is 1. The lowest BCUT2D eigenvalue weighted by atomic mass is 10.0. The van der Waals surface area contributed by atoms with Crippen LogP contribution in [0.3, 0.4) is 0 Å². The number of rotatable bonds is 6. The average molecular weight is 332 g/mol. The van der Waals surface area contributed by atoms with Gasteiger partial charge in [-0.05, 0) is 63.5 Å². The van der Waals surface area contributed by atoms with E-state index in [0.717, 1.165) is 50.4 Å². The van der Waals surface area contributed by atoms with Crippen LogP contribution in [0.1, 0.15) is 52.4 Å². The van der Waals surface area contributed by atoms with E-state index >= 15 is 0 Å². The molecule has 134 valence electrons. The average Bonchev–Trinajstić information content (AvgIpc) is 3.27. The van der Waals surface area contributed by atoms with Crippen molar-refractivity contribution in [2.75, 3.05) is 26.2 Å². The molecule has 1 heterocycles. The van der Waals surface area contributed by atoms with Gasteiger partial charge in [-0.3, -0.25) is 4.79 Å². The van der Waals surface area contributed by atoms with E-state index < -0.39 is 0 Å². The van der Waals surface area contributed by atoms with Gasteiger partial charge in [0.05, 0.1) is 12.6 Å². The molecular formula is C19H32N4O. The summed E-state index contributed by atoms with van der Waals surface area (Å²) >= 11 is 0. The first-order chi connectivity index (χ1) is 11.7. The van der Waals surface area contributed by atoms with E-state index in [9.17, 15) is 4.79 Å². The van der Waals surface area contributed by atoms with Crippen molar-refractivity contribution in [2.45, 2.75) is 70.5 Å². The summed E-state index contributed by atoms with van der Waals surface area (Å²) in [7, 11) is 0. The summed E-state index contributed by atoms with van der Waals surface area (Å²) in [4.78, 5) is 16.7. The molecule has 2 aliphatic carbocycles. The number of fused-ring (bicyclic) bond motifs is 1. The van der Waals surface area contributed by atoms with Gasteiger partial charge in [0, 0.05) is 18.6 Å². The second kappa shape index (κ2) is 7.84. The Hall–Kier alpha value is -1.12. The fraction of sp³-hybridized carbons (Fsp3) is 0.895. The third kappa shape index (κ3) is 3.60. The van der Waals surface area contributed by atoms with Gasteiger partial charge in [0.15, 0.2) is 0 Å². The fourth-order valence-corrected chi connectivity index (χ4v) is 5.32. The van der Waals surface area contributed by atoms with Crippen molar-refractivity contribution in [3.8, 4) is 6.07 Å². The molecule has 5 nitrogen and oxygen atoms in total. The van der Waals surface area contributed by atoms with Crippen molar-refractivity contribution in [3.05, 3.63) is 0 Å². The summed E-state index contributed by atoms with van der Waals surface area (Å²) in [5.74, 6) is 1.78. The number of hydrogen-bond donors (Lipinski definition) is 1. The highest BCUT2D eigenvalue weighted by atomic mass is 16.2. The zero-order valence-corrected chi connectivity index (χ0v) is 15.2. The molecule has 1 aliphatic heterocycles. The van der Waals surface area contributed by atoms with Gasteiger partial charge in [-0.1, -0.05) is 13.8 Å². The molecule has 0 bridgehead atoms. The number of nitrogens with one attached hydrogen (secondary N) is 1. The van der Waals surface area contributed by atoms with Crippen molar-refractivity contribution in [3.63, 3.8) is 0 Å². The molecule has 24 heavy (non-hydrogen) atoms. The SMILES string of the molecule is CCN(CC)C1CC2CC(NCC(=O)N3CCCC3C#N)CC2C1. The highest BCUT2D eigenvalue weighted by molar-refractivity contribution is 5.79. The Bertz CT molecular complexity index is 470. The second-order valence-corrected chi connectivity index (χ2v) is 7.79. The van der Waals surface area contributed by atoms with Crippen LogP contribution in [-0.4, -0.2) is 60.0 Å². The standard InChI is InChI=1S/C19H32N4O/c1-3-22(4-2)18-10-14-8-16(9-15(14)11-18)21-13-19(24)23-7-5-6-17(23)12-20/h14-18,21H,3-11,13H2,1-2H3. The van der Waals surface area contributed by atoms with Crippen LogP contribution in [0.4, 0.5) is 0 Å². The van der Waals surface area contributed by atoms with Crippen LogP contribution in [0.15, 0.2) is 0 Å². The minimum Gasteiger partial charge on any atom is -0.326 e. The van der Waals surface area contributed by atoms with E-state index in [4.69, 9.17) is 5.26 Å². The molecule has 3 fully saturated rings. The van der Waals surface area contributed by atoms with Crippen LogP contribution in [0, 0.1) is 23.2 Å². The Morgan fingerprint density at radius 2 is 1.88 bits per heavy atom. The smallest absolute Gasteiger partial charge is 0.237 e. The van der Waals surface area contributed by atoms with E-state index in [0.29, 0.717) is 12.6 Å². The summed E-state index contributed by atoms with van der Waals surface area (Å²) in [6.07, 6.45) is 6.91. The van der Waals surface area contributed by atoms with Crippen LogP contribution in [-0.2, 0) is 4.79 Å². The van der Waals surface area contributed by atoms with Crippen molar-refractivity contribution < 1.29 is 4.79 Å². The third-order valence-electron chi connectivity index (χ3n) is 6.58. The molecule has 1 N–H and O–H groups in total. The minimum absolute atomic E-state index is 0.108. The highest BCUT2D eigenvalue weighted by Gasteiger charge is 2.43. The fourth-order valence-electron chi connectivity index (χ4n) is 5.32. The van der Waals surface area contributed by atoms with Crippen LogP contribution in [0.5, 0.6) is 0 Å². The first-order valence-electron chi connectivity index (χ1n) is 9.82. The Morgan fingerprint density at radius 1 is 1.21 bits per heavy atom. The second-order valence-electron chi connectivity index (χ2n) is 7.79. The minimum atomic E-state index is -0.197. The van der Waals surface area contributed by atoms with E-state index in [1.807, 2.05) is 0 Å². The predicted molar refractivity (Wildman–Crippen MR) is 94.3 cm³/mol. The van der Waals surface area contributed by atoms with Crippen LogP contribution >= 0.6 is 0 Å². The molecule has 3 unspecified atom stereocenters. The molecule has 1 amide bonds. The molecule has 2 saturated carbocycles. The summed E-state index contributed by atoms with van der Waals surface area (Å²) in [5, 5.41) is 12.6. The molecule has 5 heteroatoms. The maximum atomic E-state index is 12.3. The summed E-state index contributed by atoms with van der Waals surface area (Å²) in [6, 6.07) is 3.32. The monoisotopic (exact) mass is 332 g/mol. The van der Waals surface area contributed by atoms with Crippen molar-refractivity contribution in [1.82, 2.24) is 15.1 Å². The Morgan fingerprint density at radius 3 is 2.46 bits per heavy atom. The van der Waals surface area contributed by atoms with Gasteiger partial charge >= 0.3 is 0 Å². The normalized spacial score (nSPS) is 35.4. The van der Waals surface area contributed by atoms with E-state index in [1.165, 1.54) is 25.7 Å². The third-order valence-corrected chi connectivity index (χ3v) is 6.58. The Labute approximate surface area is 146 Å². The number of likely N-dealkylation sites (tertiary alicyclic amines) is 1. The number of hydrogen-bond acceptors (Lipinski definition) is 4. The molecular weight excluding hydrogens is 300 g/mol. The van der Waals surface area contributed by atoms with Crippen molar-refractivity contribution in [1.29, 1.82) is 5.26 Å². The van der Waals surface area contributed by atoms with E-state index in [2.05, 4.69) is 30.1 Å². The van der Waals surface area contributed by atoms with Crippen LogP contribution in [0.25, 0.3) is 0 Å². The molecule has 0 aromatic rings. The van der Waals surface area contributed by atoms with Gasteiger partial charge in [0.1, 0.15) is 6.04 Å². The zero-order valence-electron chi connectivity index (χ0n) is 15.2. The predicted octanol–water partition coefficient (Wildman–Crippen LogP) is 1.99. The van der Waals surface area contributed by atoms with Gasteiger partial charge in [0.2, 0.25) is 5.91 Å². The summed E-state index contributed by atoms with van der Waals surface area (Å²) in [6.45, 7) is 8.00. The lowest BCUT2D eigenvalue weighted by Gasteiger charge is -2.27. The molecule has 1 saturated heterocycles. The van der Waals surface area contributed by atoms with Crippen LogP contribution in [0.2, 0.25) is 0 Å². The highest BCUT2D eigenvalue weighted by Crippen LogP contribution is 2.45. The van der Waals surface area contributed by atoms with Gasteiger partial charge < -0.3 is 15.1 Å². The largest absolute Gasteiger partial charge is 0.326 e. The Kier molecular flexibility index (Phi) is 5.78. The summed E-state index contributed by atoms with van der Waals surface area (Å²) < 4.78 is 0. The lowest BCUT2D eigenvalue weighted by molar-refractivity contribution is -0.130. The topological polar surface area (TPSA) is 59.4 Å². The van der Waals surface area contributed by atoms with Gasteiger partial charge in [-0.25, -0.2) is 0 Å². The van der Waals surface area contributed by atoms with Crippen molar-refractivity contribution >= 4 is 5.91 Å². The van der Waals surface area contributed by atoms with Gasteiger partial charge in [-0.15, -0.1) is 0 Å². The first-order valence-corrected chi connectivity index (χ1v) is 9.82. The number of nitrogens with zero attached hydrogens (tertiary/aromatic N) is 3. The van der Waals surface area contributed by atoms with Gasteiger partial charge in [0.25, 0.3) is 0 Å². The summed E-state index contributed by atoms with van der Waals surface area (Å²) in [5.41, 5.74) is 0. The molecule has 0 aromatic carbocycles. The number of carbonyl (C=O) groups is 1. The van der Waals surface area contributed by atoms with Gasteiger partial charge in [-0.2, -0.15) is 5.26 Å². The van der Waals surface area contributed by atoms with E-state index in [1.54, 1.807) is 4.90 Å². The van der Waals surface area contributed by atoms with E-state index in [-0.39, 0.29) is 11.9 Å². The zero-order chi connectivity index (χ0) is 17.1. The molecule has 3 aliphatic rings. The lowest BCUT2D eigenvalue weighted by Crippen LogP contribution is -2.43. The first kappa shape index (κ1) is 17.7. The molecule has 3 rings (SSSR count). The van der Waals surface area contributed by atoms with Crippen molar-refractivity contribution in [2.24, 2.45) is 11.8 Å². The molecule has 0 spiro atoms. The molecule has 3 atom stereocenters. The number of nitriles is 1. The Balaban J connectivity index is 1.42.